The monoisotopic (exact) mass is 290 g/mol. The summed E-state index contributed by atoms with van der Waals surface area (Å²) in [4.78, 5) is 33.9. The third kappa shape index (κ3) is 3.51. The van der Waals surface area contributed by atoms with E-state index in [0.29, 0.717) is 44.8 Å². The summed E-state index contributed by atoms with van der Waals surface area (Å²) < 4.78 is 0. The standard InChI is InChI=1S/C15H22N4O2/c1-3-17(4-2)15(21)19-11-9-18(10-12-19)14(20)13-5-7-16-8-6-13/h5-8H,3-4,9-12H2,1-2H3. The van der Waals surface area contributed by atoms with Gasteiger partial charge in [-0.25, -0.2) is 4.79 Å². The van der Waals surface area contributed by atoms with Crippen LogP contribution in [0.4, 0.5) is 4.79 Å². The van der Waals surface area contributed by atoms with E-state index in [1.165, 1.54) is 0 Å². The van der Waals surface area contributed by atoms with E-state index in [1.54, 1.807) is 34.3 Å². The van der Waals surface area contributed by atoms with E-state index >= 15 is 0 Å². The Morgan fingerprint density at radius 2 is 1.57 bits per heavy atom. The molecule has 1 saturated heterocycles. The molecule has 0 atom stereocenters. The van der Waals surface area contributed by atoms with Crippen LogP contribution in [-0.2, 0) is 0 Å². The fourth-order valence-corrected chi connectivity index (χ4v) is 2.47. The number of carbonyl (C=O) groups excluding carboxylic acids is 2. The van der Waals surface area contributed by atoms with Gasteiger partial charge >= 0.3 is 6.03 Å². The van der Waals surface area contributed by atoms with Crippen molar-refractivity contribution in [2.24, 2.45) is 0 Å². The van der Waals surface area contributed by atoms with Crippen molar-refractivity contribution in [1.82, 2.24) is 19.7 Å². The lowest BCUT2D eigenvalue weighted by molar-refractivity contribution is 0.0641. The highest BCUT2D eigenvalue weighted by atomic mass is 16.2. The molecule has 0 radical (unpaired) electrons. The molecule has 1 aliphatic rings. The first kappa shape index (κ1) is 15.3. The van der Waals surface area contributed by atoms with Crippen LogP contribution in [-0.4, -0.2) is 70.9 Å². The maximum absolute atomic E-state index is 12.3. The van der Waals surface area contributed by atoms with Crippen LogP contribution in [0.15, 0.2) is 24.5 Å². The van der Waals surface area contributed by atoms with E-state index in [2.05, 4.69) is 4.98 Å². The first-order valence-electron chi connectivity index (χ1n) is 7.40. The average molecular weight is 290 g/mol. The minimum Gasteiger partial charge on any atom is -0.335 e. The van der Waals surface area contributed by atoms with Crippen LogP contribution in [0.1, 0.15) is 24.2 Å². The number of amides is 3. The fraction of sp³-hybridized carbons (Fsp3) is 0.533. The summed E-state index contributed by atoms with van der Waals surface area (Å²) in [5.41, 5.74) is 0.647. The van der Waals surface area contributed by atoms with Gasteiger partial charge in [0.05, 0.1) is 0 Å². The van der Waals surface area contributed by atoms with Crippen molar-refractivity contribution in [1.29, 1.82) is 0 Å². The van der Waals surface area contributed by atoms with E-state index < -0.39 is 0 Å². The van der Waals surface area contributed by atoms with Crippen molar-refractivity contribution in [3.8, 4) is 0 Å². The Morgan fingerprint density at radius 1 is 1.05 bits per heavy atom. The lowest BCUT2D eigenvalue weighted by atomic mass is 10.2. The second-order valence-electron chi connectivity index (χ2n) is 4.97. The number of hydrogen-bond donors (Lipinski definition) is 0. The molecule has 0 spiro atoms. The van der Waals surface area contributed by atoms with Gasteiger partial charge in [-0.3, -0.25) is 9.78 Å². The van der Waals surface area contributed by atoms with Gasteiger partial charge in [0.1, 0.15) is 0 Å². The molecule has 3 amide bonds. The quantitative estimate of drug-likeness (QED) is 0.843. The number of pyridine rings is 1. The largest absolute Gasteiger partial charge is 0.335 e. The van der Waals surface area contributed by atoms with Crippen molar-refractivity contribution < 1.29 is 9.59 Å². The van der Waals surface area contributed by atoms with Gasteiger partial charge in [0.25, 0.3) is 5.91 Å². The zero-order chi connectivity index (χ0) is 15.2. The van der Waals surface area contributed by atoms with Crippen molar-refractivity contribution in [3.63, 3.8) is 0 Å². The smallest absolute Gasteiger partial charge is 0.320 e. The molecule has 0 aliphatic carbocycles. The van der Waals surface area contributed by atoms with Crippen molar-refractivity contribution >= 4 is 11.9 Å². The number of hydrogen-bond acceptors (Lipinski definition) is 3. The van der Waals surface area contributed by atoms with Gasteiger partial charge in [0, 0.05) is 57.2 Å². The first-order valence-corrected chi connectivity index (χ1v) is 7.40. The average Bonchev–Trinajstić information content (AvgIpc) is 2.56. The van der Waals surface area contributed by atoms with Gasteiger partial charge in [-0.15, -0.1) is 0 Å². The van der Waals surface area contributed by atoms with Crippen molar-refractivity contribution in [3.05, 3.63) is 30.1 Å². The molecule has 21 heavy (non-hydrogen) atoms. The Morgan fingerprint density at radius 3 is 2.10 bits per heavy atom. The summed E-state index contributed by atoms with van der Waals surface area (Å²) in [5.74, 6) is 0.00679. The second-order valence-corrected chi connectivity index (χ2v) is 4.97. The van der Waals surface area contributed by atoms with Crippen LogP contribution in [0, 0.1) is 0 Å². The molecule has 1 aliphatic heterocycles. The molecular weight excluding hydrogens is 268 g/mol. The molecule has 6 nitrogen and oxygen atoms in total. The number of nitrogens with zero attached hydrogens (tertiary/aromatic N) is 4. The molecule has 6 heteroatoms. The molecule has 2 heterocycles. The maximum Gasteiger partial charge on any atom is 0.320 e. The summed E-state index contributed by atoms with van der Waals surface area (Å²) in [6.07, 6.45) is 3.24. The van der Waals surface area contributed by atoms with E-state index in [-0.39, 0.29) is 11.9 Å². The molecule has 0 saturated carbocycles. The van der Waals surface area contributed by atoms with Gasteiger partial charge in [0.15, 0.2) is 0 Å². The maximum atomic E-state index is 12.3. The fourth-order valence-electron chi connectivity index (χ4n) is 2.47. The minimum atomic E-state index is 0.00679. The van der Waals surface area contributed by atoms with Crippen LogP contribution in [0.25, 0.3) is 0 Å². The Kier molecular flexibility index (Phi) is 5.14. The van der Waals surface area contributed by atoms with Crippen molar-refractivity contribution in [2.75, 3.05) is 39.3 Å². The van der Waals surface area contributed by atoms with Gasteiger partial charge in [-0.2, -0.15) is 0 Å². The first-order chi connectivity index (χ1) is 10.2. The number of rotatable bonds is 3. The van der Waals surface area contributed by atoms with Gasteiger partial charge in [-0.1, -0.05) is 0 Å². The molecule has 0 aromatic carbocycles. The highest BCUT2D eigenvalue weighted by Crippen LogP contribution is 2.10. The molecule has 0 bridgehead atoms. The summed E-state index contributed by atoms with van der Waals surface area (Å²) in [6, 6.07) is 3.50. The number of aromatic nitrogens is 1. The van der Waals surface area contributed by atoms with Crippen molar-refractivity contribution in [2.45, 2.75) is 13.8 Å². The Labute approximate surface area is 125 Å². The van der Waals surface area contributed by atoms with E-state index in [1.807, 2.05) is 18.7 Å². The third-order valence-corrected chi connectivity index (χ3v) is 3.80. The third-order valence-electron chi connectivity index (χ3n) is 3.80. The predicted octanol–water partition coefficient (Wildman–Crippen LogP) is 1.30. The molecule has 114 valence electrons. The Hall–Kier alpha value is -2.11. The van der Waals surface area contributed by atoms with Crippen LogP contribution in [0.3, 0.4) is 0 Å². The number of carbonyl (C=O) groups is 2. The normalized spacial score (nSPS) is 15.0. The summed E-state index contributed by atoms with van der Waals surface area (Å²) in [7, 11) is 0. The molecule has 1 aromatic rings. The van der Waals surface area contributed by atoms with E-state index in [4.69, 9.17) is 0 Å². The van der Waals surface area contributed by atoms with Crippen LogP contribution in [0.5, 0.6) is 0 Å². The summed E-state index contributed by atoms with van der Waals surface area (Å²) >= 11 is 0. The number of urea groups is 1. The Balaban J connectivity index is 1.91. The Bertz CT molecular complexity index is 480. The lowest BCUT2D eigenvalue weighted by Gasteiger charge is -2.37. The lowest BCUT2D eigenvalue weighted by Crippen LogP contribution is -2.54. The summed E-state index contributed by atoms with van der Waals surface area (Å²) in [5, 5.41) is 0. The molecule has 0 unspecified atom stereocenters. The zero-order valence-corrected chi connectivity index (χ0v) is 12.7. The molecule has 2 rings (SSSR count). The number of piperazine rings is 1. The van der Waals surface area contributed by atoms with Gasteiger partial charge in [0.2, 0.25) is 0 Å². The highest BCUT2D eigenvalue weighted by Gasteiger charge is 2.26. The second kappa shape index (κ2) is 7.06. The van der Waals surface area contributed by atoms with Crippen LogP contribution < -0.4 is 0 Å². The zero-order valence-electron chi connectivity index (χ0n) is 12.7. The molecular formula is C15H22N4O2. The topological polar surface area (TPSA) is 56.8 Å². The van der Waals surface area contributed by atoms with E-state index in [0.717, 1.165) is 0 Å². The van der Waals surface area contributed by atoms with Crippen LogP contribution >= 0.6 is 0 Å². The predicted molar refractivity (Wildman–Crippen MR) is 80.0 cm³/mol. The molecule has 1 aromatic heterocycles. The minimum absolute atomic E-state index is 0.00679. The summed E-state index contributed by atoms with van der Waals surface area (Å²) in [6.45, 7) is 7.72. The van der Waals surface area contributed by atoms with Gasteiger partial charge in [-0.05, 0) is 26.0 Å². The SMILES string of the molecule is CCN(CC)C(=O)N1CCN(C(=O)c2ccncc2)CC1. The highest BCUT2D eigenvalue weighted by molar-refractivity contribution is 5.94. The van der Waals surface area contributed by atoms with Gasteiger partial charge < -0.3 is 14.7 Å². The molecule has 1 fully saturated rings. The van der Waals surface area contributed by atoms with E-state index in [9.17, 15) is 9.59 Å². The van der Waals surface area contributed by atoms with Crippen LogP contribution in [0.2, 0.25) is 0 Å². The molecule has 0 N–H and O–H groups in total.